The molecule has 0 spiro atoms. The molecule has 2 aromatic rings. The first kappa shape index (κ1) is 11.2. The summed E-state index contributed by atoms with van der Waals surface area (Å²) in [5.41, 5.74) is 7.88. The molecule has 0 fully saturated rings. The number of nitrogen functional groups attached to an aromatic ring is 1. The second-order valence-corrected chi connectivity index (χ2v) is 3.68. The molecule has 7 heteroatoms. The van der Waals surface area contributed by atoms with Crippen molar-refractivity contribution in [1.29, 1.82) is 0 Å². The zero-order valence-electron chi connectivity index (χ0n) is 9.60. The molecule has 0 unspecified atom stereocenters. The second kappa shape index (κ2) is 4.28. The van der Waals surface area contributed by atoms with Crippen LogP contribution in [0.25, 0.3) is 0 Å². The van der Waals surface area contributed by atoms with Gasteiger partial charge >= 0.3 is 0 Å². The Morgan fingerprint density at radius 2 is 2.35 bits per heavy atom. The molecular formula is C10H13N5O2. The molecule has 0 saturated carbocycles. The lowest BCUT2D eigenvalue weighted by molar-refractivity contribution is -0.117. The van der Waals surface area contributed by atoms with Gasteiger partial charge in [0.2, 0.25) is 5.91 Å². The molecule has 0 aromatic carbocycles. The Kier molecular flexibility index (Phi) is 2.82. The van der Waals surface area contributed by atoms with Crippen molar-refractivity contribution >= 4 is 17.4 Å². The second-order valence-electron chi connectivity index (χ2n) is 3.68. The number of aromatic nitrogens is 3. The number of nitrogens with one attached hydrogen (secondary N) is 1. The van der Waals surface area contributed by atoms with Crippen molar-refractivity contribution in [1.82, 2.24) is 14.9 Å². The largest absolute Gasteiger partial charge is 0.396 e. The summed E-state index contributed by atoms with van der Waals surface area (Å²) < 4.78 is 6.16. The maximum atomic E-state index is 11.7. The van der Waals surface area contributed by atoms with Crippen molar-refractivity contribution in [3.8, 4) is 0 Å². The molecule has 2 rings (SSSR count). The summed E-state index contributed by atoms with van der Waals surface area (Å²) in [6.07, 6.45) is 1.39. The van der Waals surface area contributed by atoms with E-state index in [2.05, 4.69) is 20.1 Å². The van der Waals surface area contributed by atoms with Crippen LogP contribution in [0, 0.1) is 13.8 Å². The summed E-state index contributed by atoms with van der Waals surface area (Å²) >= 11 is 0. The number of carbonyl (C=O) groups excluding carboxylic acids is 1. The maximum Gasteiger partial charge on any atom is 0.247 e. The summed E-state index contributed by atoms with van der Waals surface area (Å²) in [5.74, 6) is 0.147. The lowest BCUT2D eigenvalue weighted by atomic mass is 10.3. The standard InChI is InChI=1S/C10H13N5O2/c1-6-10(11)7(2)15(13-6)5-9(16)12-8-3-4-17-14-8/h3-4H,5,11H2,1-2H3,(H,12,14,16). The van der Waals surface area contributed by atoms with Crippen molar-refractivity contribution in [2.45, 2.75) is 20.4 Å². The van der Waals surface area contributed by atoms with Gasteiger partial charge in [-0.3, -0.25) is 9.48 Å². The van der Waals surface area contributed by atoms with Crippen LogP contribution in [0.15, 0.2) is 16.9 Å². The third-order valence-corrected chi connectivity index (χ3v) is 2.44. The Morgan fingerprint density at radius 3 is 2.88 bits per heavy atom. The Morgan fingerprint density at radius 1 is 1.59 bits per heavy atom. The Hall–Kier alpha value is -2.31. The van der Waals surface area contributed by atoms with E-state index in [9.17, 15) is 4.79 Å². The highest BCUT2D eigenvalue weighted by Crippen LogP contribution is 2.14. The maximum absolute atomic E-state index is 11.7. The molecule has 7 nitrogen and oxygen atoms in total. The van der Waals surface area contributed by atoms with Gasteiger partial charge in [0.15, 0.2) is 5.82 Å². The fourth-order valence-corrected chi connectivity index (χ4v) is 1.46. The Labute approximate surface area is 97.6 Å². The SMILES string of the molecule is Cc1nn(CC(=O)Nc2ccon2)c(C)c1N. The Bertz CT molecular complexity index is 529. The van der Waals surface area contributed by atoms with Crippen LogP contribution in [-0.2, 0) is 11.3 Å². The normalized spacial score (nSPS) is 10.5. The molecule has 0 bridgehead atoms. The van der Waals surface area contributed by atoms with Crippen LogP contribution >= 0.6 is 0 Å². The summed E-state index contributed by atoms with van der Waals surface area (Å²) in [4.78, 5) is 11.7. The van der Waals surface area contributed by atoms with Crippen LogP contribution < -0.4 is 11.1 Å². The predicted molar refractivity (Wildman–Crippen MR) is 61.2 cm³/mol. The predicted octanol–water partition coefficient (Wildman–Crippen LogP) is 0.709. The number of anilines is 2. The summed E-state index contributed by atoms with van der Waals surface area (Å²) in [5, 5.41) is 10.3. The molecule has 0 atom stereocenters. The quantitative estimate of drug-likeness (QED) is 0.816. The molecule has 0 saturated heterocycles. The van der Waals surface area contributed by atoms with Gasteiger partial charge in [-0.05, 0) is 13.8 Å². The van der Waals surface area contributed by atoms with Crippen molar-refractivity contribution < 1.29 is 9.32 Å². The van der Waals surface area contributed by atoms with Gasteiger partial charge in [-0.1, -0.05) is 5.16 Å². The zero-order valence-corrected chi connectivity index (χ0v) is 9.60. The zero-order chi connectivity index (χ0) is 12.4. The van der Waals surface area contributed by atoms with Crippen LogP contribution in [-0.4, -0.2) is 20.8 Å². The lowest BCUT2D eigenvalue weighted by Crippen LogP contribution is -2.20. The van der Waals surface area contributed by atoms with Gasteiger partial charge < -0.3 is 15.6 Å². The first-order chi connectivity index (χ1) is 8.08. The highest BCUT2D eigenvalue weighted by molar-refractivity contribution is 5.89. The van der Waals surface area contributed by atoms with Gasteiger partial charge in [0.25, 0.3) is 0 Å². The Balaban J connectivity index is 2.06. The van der Waals surface area contributed by atoms with Gasteiger partial charge in [0.05, 0.1) is 17.1 Å². The monoisotopic (exact) mass is 235 g/mol. The van der Waals surface area contributed by atoms with Gasteiger partial charge in [-0.15, -0.1) is 0 Å². The molecule has 2 heterocycles. The van der Waals surface area contributed by atoms with Crippen LogP contribution in [0.1, 0.15) is 11.4 Å². The first-order valence-electron chi connectivity index (χ1n) is 5.07. The molecule has 0 aliphatic heterocycles. The van der Waals surface area contributed by atoms with E-state index in [1.54, 1.807) is 17.7 Å². The van der Waals surface area contributed by atoms with E-state index in [-0.39, 0.29) is 12.5 Å². The van der Waals surface area contributed by atoms with Crippen LogP contribution in [0.3, 0.4) is 0 Å². The smallest absolute Gasteiger partial charge is 0.247 e. The minimum Gasteiger partial charge on any atom is -0.396 e. The number of aryl methyl sites for hydroxylation is 1. The first-order valence-corrected chi connectivity index (χ1v) is 5.07. The molecular weight excluding hydrogens is 222 g/mol. The lowest BCUT2D eigenvalue weighted by Gasteiger charge is -2.03. The summed E-state index contributed by atoms with van der Waals surface area (Å²) in [6.45, 7) is 3.71. The van der Waals surface area contributed by atoms with Gasteiger partial charge in [-0.25, -0.2) is 0 Å². The number of carbonyl (C=O) groups is 1. The fourth-order valence-electron chi connectivity index (χ4n) is 1.46. The third kappa shape index (κ3) is 2.27. The van der Waals surface area contributed by atoms with E-state index >= 15 is 0 Å². The van der Waals surface area contributed by atoms with Gasteiger partial charge in [0.1, 0.15) is 12.8 Å². The summed E-state index contributed by atoms with van der Waals surface area (Å²) in [6, 6.07) is 1.56. The molecule has 0 aliphatic carbocycles. The average Bonchev–Trinajstić information content (AvgIpc) is 2.85. The molecule has 0 radical (unpaired) electrons. The summed E-state index contributed by atoms with van der Waals surface area (Å²) in [7, 11) is 0. The minimum atomic E-state index is -0.232. The topological polar surface area (TPSA) is 99.0 Å². The van der Waals surface area contributed by atoms with E-state index in [4.69, 9.17) is 5.73 Å². The van der Waals surface area contributed by atoms with Crippen molar-refractivity contribution in [3.63, 3.8) is 0 Å². The third-order valence-electron chi connectivity index (χ3n) is 2.44. The van der Waals surface area contributed by atoms with Crippen molar-refractivity contribution in [3.05, 3.63) is 23.7 Å². The highest BCUT2D eigenvalue weighted by atomic mass is 16.5. The van der Waals surface area contributed by atoms with Crippen LogP contribution in [0.2, 0.25) is 0 Å². The number of rotatable bonds is 3. The van der Waals surface area contributed by atoms with Crippen molar-refractivity contribution in [2.75, 3.05) is 11.1 Å². The number of nitrogens with two attached hydrogens (primary N) is 1. The highest BCUT2D eigenvalue weighted by Gasteiger charge is 2.12. The van der Waals surface area contributed by atoms with E-state index in [0.29, 0.717) is 11.5 Å². The molecule has 3 N–H and O–H groups in total. The van der Waals surface area contributed by atoms with Gasteiger partial charge in [0, 0.05) is 6.07 Å². The minimum absolute atomic E-state index is 0.0940. The average molecular weight is 235 g/mol. The molecule has 0 aliphatic rings. The molecule has 90 valence electrons. The number of hydrogen-bond donors (Lipinski definition) is 2. The number of amides is 1. The van der Waals surface area contributed by atoms with Gasteiger partial charge in [-0.2, -0.15) is 5.10 Å². The molecule has 1 amide bonds. The van der Waals surface area contributed by atoms with E-state index < -0.39 is 0 Å². The fraction of sp³-hybridized carbons (Fsp3) is 0.300. The van der Waals surface area contributed by atoms with E-state index in [1.807, 2.05) is 6.92 Å². The van der Waals surface area contributed by atoms with Crippen LogP contribution in [0.4, 0.5) is 11.5 Å². The van der Waals surface area contributed by atoms with Crippen LogP contribution in [0.5, 0.6) is 0 Å². The number of nitrogens with zero attached hydrogens (tertiary/aromatic N) is 3. The van der Waals surface area contributed by atoms with E-state index in [1.165, 1.54) is 6.26 Å². The van der Waals surface area contributed by atoms with Crippen molar-refractivity contribution in [2.24, 2.45) is 0 Å². The van der Waals surface area contributed by atoms with E-state index in [0.717, 1.165) is 11.4 Å². The molecule has 2 aromatic heterocycles. The molecule has 17 heavy (non-hydrogen) atoms. The number of hydrogen-bond acceptors (Lipinski definition) is 5.